The molecule has 3 rings (SSSR count). The number of nitrogens with one attached hydrogen (secondary N) is 2. The van der Waals surface area contributed by atoms with Gasteiger partial charge in [-0.3, -0.25) is 4.79 Å². The summed E-state index contributed by atoms with van der Waals surface area (Å²) in [5, 5.41) is 4.04. The van der Waals surface area contributed by atoms with Gasteiger partial charge >= 0.3 is 0 Å². The first-order valence-electron chi connectivity index (χ1n) is 6.63. The molecule has 2 N–H and O–H groups in total. The normalized spacial score (nSPS) is 10.7. The van der Waals surface area contributed by atoms with Crippen LogP contribution >= 0.6 is 0 Å². The van der Waals surface area contributed by atoms with Gasteiger partial charge in [0.1, 0.15) is 0 Å². The molecule has 0 saturated carbocycles. The Morgan fingerprint density at radius 1 is 1.10 bits per heavy atom. The average Bonchev–Trinajstić information content (AvgIpc) is 2.89. The smallest absolute Gasteiger partial charge is 0.228 e. The van der Waals surface area contributed by atoms with Gasteiger partial charge in [0.2, 0.25) is 5.91 Å². The van der Waals surface area contributed by atoms with Crippen LogP contribution in [0.4, 0.5) is 5.69 Å². The van der Waals surface area contributed by atoms with E-state index in [1.807, 2.05) is 61.7 Å². The highest BCUT2D eigenvalue weighted by Gasteiger charge is 2.05. The van der Waals surface area contributed by atoms with E-state index < -0.39 is 0 Å². The lowest BCUT2D eigenvalue weighted by atomic mass is 10.1. The fraction of sp³-hybridized carbons (Fsp3) is 0.118. The Labute approximate surface area is 117 Å². The van der Waals surface area contributed by atoms with Gasteiger partial charge in [0, 0.05) is 17.4 Å². The summed E-state index contributed by atoms with van der Waals surface area (Å²) in [6.07, 6.45) is 2.29. The fourth-order valence-electron chi connectivity index (χ4n) is 2.24. The number of benzene rings is 2. The van der Waals surface area contributed by atoms with Gasteiger partial charge in [0.25, 0.3) is 0 Å². The summed E-state index contributed by atoms with van der Waals surface area (Å²) >= 11 is 0. The van der Waals surface area contributed by atoms with Crippen LogP contribution in [-0.2, 0) is 11.2 Å². The molecule has 0 saturated heterocycles. The maximum Gasteiger partial charge on any atom is 0.228 e. The lowest BCUT2D eigenvalue weighted by molar-refractivity contribution is -0.115. The molecule has 1 amide bonds. The van der Waals surface area contributed by atoms with Crippen LogP contribution in [0, 0.1) is 6.92 Å². The number of carbonyl (C=O) groups is 1. The van der Waals surface area contributed by atoms with Crippen molar-refractivity contribution in [2.75, 3.05) is 5.32 Å². The highest BCUT2D eigenvalue weighted by molar-refractivity contribution is 5.93. The van der Waals surface area contributed by atoms with E-state index in [4.69, 9.17) is 0 Å². The van der Waals surface area contributed by atoms with Gasteiger partial charge in [-0.2, -0.15) is 0 Å². The standard InChI is InChI=1S/C17H16N2O/c1-12-2-5-15(6-3-12)19-17(20)11-13-4-7-16-14(10-13)8-9-18-16/h2-10,18H,11H2,1H3,(H,19,20). The molecule has 0 bridgehead atoms. The Balaban J connectivity index is 1.70. The third-order valence-electron chi connectivity index (χ3n) is 3.32. The topological polar surface area (TPSA) is 44.9 Å². The second-order valence-electron chi connectivity index (χ2n) is 4.99. The number of aromatic amines is 1. The molecule has 3 nitrogen and oxygen atoms in total. The van der Waals surface area contributed by atoms with Crippen LogP contribution in [0.2, 0.25) is 0 Å². The molecule has 20 heavy (non-hydrogen) atoms. The van der Waals surface area contributed by atoms with Gasteiger partial charge < -0.3 is 10.3 Å². The molecule has 2 aromatic carbocycles. The van der Waals surface area contributed by atoms with Crippen LogP contribution in [0.1, 0.15) is 11.1 Å². The van der Waals surface area contributed by atoms with Crippen molar-refractivity contribution in [1.82, 2.24) is 4.98 Å². The summed E-state index contributed by atoms with van der Waals surface area (Å²) in [6.45, 7) is 2.03. The maximum atomic E-state index is 12.0. The number of anilines is 1. The molecule has 0 atom stereocenters. The predicted molar refractivity (Wildman–Crippen MR) is 81.8 cm³/mol. The summed E-state index contributed by atoms with van der Waals surface area (Å²) in [5.74, 6) is 0.00346. The minimum Gasteiger partial charge on any atom is -0.361 e. The Morgan fingerprint density at radius 3 is 2.70 bits per heavy atom. The highest BCUT2D eigenvalue weighted by atomic mass is 16.1. The molecule has 1 heterocycles. The summed E-state index contributed by atoms with van der Waals surface area (Å²) in [6, 6.07) is 15.8. The number of hydrogen-bond donors (Lipinski definition) is 2. The van der Waals surface area contributed by atoms with Crippen molar-refractivity contribution in [3.05, 3.63) is 65.9 Å². The number of hydrogen-bond acceptors (Lipinski definition) is 1. The largest absolute Gasteiger partial charge is 0.361 e. The molecule has 0 fully saturated rings. The number of rotatable bonds is 3. The van der Waals surface area contributed by atoms with Gasteiger partial charge in [0.05, 0.1) is 6.42 Å². The van der Waals surface area contributed by atoms with Crippen LogP contribution in [0.5, 0.6) is 0 Å². The summed E-state index contributed by atoms with van der Waals surface area (Å²) in [7, 11) is 0. The zero-order valence-corrected chi connectivity index (χ0v) is 11.3. The van der Waals surface area contributed by atoms with Crippen molar-refractivity contribution < 1.29 is 4.79 Å². The molecule has 0 spiro atoms. The molecule has 1 aromatic heterocycles. The van der Waals surface area contributed by atoms with Crippen molar-refractivity contribution in [2.45, 2.75) is 13.3 Å². The summed E-state index contributed by atoms with van der Waals surface area (Å²) in [5.41, 5.74) is 4.12. The quantitative estimate of drug-likeness (QED) is 0.745. The number of amides is 1. The van der Waals surface area contributed by atoms with E-state index in [9.17, 15) is 4.79 Å². The first-order valence-corrected chi connectivity index (χ1v) is 6.63. The third kappa shape index (κ3) is 2.72. The lowest BCUT2D eigenvalue weighted by Crippen LogP contribution is -2.14. The van der Waals surface area contributed by atoms with Gasteiger partial charge in [-0.15, -0.1) is 0 Å². The van der Waals surface area contributed by atoms with E-state index in [-0.39, 0.29) is 5.91 Å². The zero-order valence-electron chi connectivity index (χ0n) is 11.3. The predicted octanol–water partition coefficient (Wildman–Crippen LogP) is 3.66. The monoisotopic (exact) mass is 264 g/mol. The zero-order chi connectivity index (χ0) is 13.9. The lowest BCUT2D eigenvalue weighted by Gasteiger charge is -2.06. The van der Waals surface area contributed by atoms with E-state index >= 15 is 0 Å². The van der Waals surface area contributed by atoms with Crippen LogP contribution in [0.3, 0.4) is 0 Å². The SMILES string of the molecule is Cc1ccc(NC(=O)Cc2ccc3[nH]ccc3c2)cc1. The first-order chi connectivity index (χ1) is 9.70. The van der Waals surface area contributed by atoms with Crippen LogP contribution in [-0.4, -0.2) is 10.9 Å². The van der Waals surface area contributed by atoms with Gasteiger partial charge in [-0.1, -0.05) is 23.8 Å². The highest BCUT2D eigenvalue weighted by Crippen LogP contribution is 2.15. The van der Waals surface area contributed by atoms with E-state index in [2.05, 4.69) is 10.3 Å². The Hall–Kier alpha value is -2.55. The first kappa shape index (κ1) is 12.5. The van der Waals surface area contributed by atoms with E-state index in [0.29, 0.717) is 6.42 Å². The van der Waals surface area contributed by atoms with Crippen LogP contribution in [0.15, 0.2) is 54.7 Å². The van der Waals surface area contributed by atoms with Crippen LogP contribution in [0.25, 0.3) is 10.9 Å². The average molecular weight is 264 g/mol. The maximum absolute atomic E-state index is 12.0. The minimum absolute atomic E-state index is 0.00346. The van der Waals surface area contributed by atoms with E-state index in [1.165, 1.54) is 5.56 Å². The molecule has 100 valence electrons. The third-order valence-corrected chi connectivity index (χ3v) is 3.32. The summed E-state index contributed by atoms with van der Waals surface area (Å²) < 4.78 is 0. The van der Waals surface area contributed by atoms with Crippen molar-refractivity contribution in [3.8, 4) is 0 Å². The Morgan fingerprint density at radius 2 is 1.90 bits per heavy atom. The van der Waals surface area contributed by atoms with Gasteiger partial charge in [0.15, 0.2) is 0 Å². The van der Waals surface area contributed by atoms with E-state index in [1.54, 1.807) is 0 Å². The molecule has 0 aliphatic carbocycles. The molecule has 0 aliphatic rings. The van der Waals surface area contributed by atoms with E-state index in [0.717, 1.165) is 22.2 Å². The fourth-order valence-corrected chi connectivity index (χ4v) is 2.24. The minimum atomic E-state index is 0.00346. The molecule has 3 heteroatoms. The number of aryl methyl sites for hydroxylation is 1. The van der Waals surface area contributed by atoms with Crippen LogP contribution < -0.4 is 5.32 Å². The van der Waals surface area contributed by atoms with Gasteiger partial charge in [-0.05, 0) is 48.2 Å². The number of aromatic nitrogens is 1. The number of fused-ring (bicyclic) bond motifs is 1. The van der Waals surface area contributed by atoms with Crippen molar-refractivity contribution in [2.24, 2.45) is 0 Å². The van der Waals surface area contributed by atoms with Crippen molar-refractivity contribution in [1.29, 1.82) is 0 Å². The number of carbonyl (C=O) groups excluding carboxylic acids is 1. The Bertz CT molecular complexity index is 741. The molecule has 3 aromatic rings. The molecular weight excluding hydrogens is 248 g/mol. The molecule has 0 aliphatic heterocycles. The van der Waals surface area contributed by atoms with Crippen molar-refractivity contribution in [3.63, 3.8) is 0 Å². The van der Waals surface area contributed by atoms with Crippen molar-refractivity contribution >= 4 is 22.5 Å². The second kappa shape index (κ2) is 5.21. The second-order valence-corrected chi connectivity index (χ2v) is 4.99. The molecular formula is C17H16N2O. The van der Waals surface area contributed by atoms with Gasteiger partial charge in [-0.25, -0.2) is 0 Å². The Kier molecular flexibility index (Phi) is 3.25. The molecule has 0 unspecified atom stereocenters. The summed E-state index contributed by atoms with van der Waals surface area (Å²) in [4.78, 5) is 15.2. The molecule has 0 radical (unpaired) electrons. The number of H-pyrrole nitrogens is 1.